The van der Waals surface area contributed by atoms with Crippen LogP contribution in [0.5, 0.6) is 0 Å². The molecule has 0 aromatic carbocycles. The topological polar surface area (TPSA) is 48.3 Å². The highest BCUT2D eigenvalue weighted by Gasteiger charge is 2.43. The summed E-state index contributed by atoms with van der Waals surface area (Å²) in [6.45, 7) is 9.28. The summed E-state index contributed by atoms with van der Waals surface area (Å²) in [5.74, 6) is 0. The summed E-state index contributed by atoms with van der Waals surface area (Å²) in [5, 5.41) is 13.0. The molecule has 1 N–H and O–H groups in total. The third-order valence-corrected chi connectivity index (χ3v) is 4.54. The zero-order valence-electron chi connectivity index (χ0n) is 12.5. The number of nitrogens with zero attached hydrogens (tertiary/aromatic N) is 2. The Hall–Kier alpha value is -0.630. The van der Waals surface area contributed by atoms with Crippen molar-refractivity contribution < 1.29 is 4.74 Å². The highest BCUT2D eigenvalue weighted by atomic mass is 16.5. The molecule has 2 fully saturated rings. The van der Waals surface area contributed by atoms with Gasteiger partial charge < -0.3 is 4.74 Å². The van der Waals surface area contributed by atoms with E-state index in [0.717, 1.165) is 45.4 Å². The lowest BCUT2D eigenvalue weighted by atomic mass is 9.98. The fraction of sp³-hybridized carbons (Fsp3) is 0.933. The Kier molecular flexibility index (Phi) is 4.83. The monoisotopic (exact) mass is 265 g/mol. The summed E-state index contributed by atoms with van der Waals surface area (Å²) < 4.78 is 5.70. The molecule has 0 amide bonds. The molecule has 2 rings (SSSR count). The summed E-state index contributed by atoms with van der Waals surface area (Å²) in [4.78, 5) is 2.56. The molecule has 0 bridgehead atoms. The van der Waals surface area contributed by atoms with Gasteiger partial charge in [0.05, 0.1) is 18.8 Å². The second kappa shape index (κ2) is 6.21. The van der Waals surface area contributed by atoms with Gasteiger partial charge in [-0.1, -0.05) is 6.92 Å². The van der Waals surface area contributed by atoms with Crippen LogP contribution in [0.1, 0.15) is 46.5 Å². The number of hydrogen-bond acceptors (Lipinski definition) is 4. The smallest absolute Gasteiger partial charge is 0.108 e. The summed E-state index contributed by atoms with van der Waals surface area (Å²) >= 11 is 0. The Morgan fingerprint density at radius 2 is 2.26 bits per heavy atom. The molecule has 4 heteroatoms. The second-order valence-corrected chi connectivity index (χ2v) is 6.21. The molecule has 4 atom stereocenters. The number of hydrogen-bond donors (Lipinski definition) is 1. The van der Waals surface area contributed by atoms with Gasteiger partial charge in [-0.05, 0) is 46.1 Å². The predicted octanol–water partition coefficient (Wildman–Crippen LogP) is 1.91. The molecule has 2 aliphatic rings. The van der Waals surface area contributed by atoms with Crippen LogP contribution in [-0.4, -0.2) is 48.3 Å². The SMILES string of the molecule is CCCNC1(C#N)CCC(N2CC(C)OCC2C)C1. The van der Waals surface area contributed by atoms with Crippen molar-refractivity contribution in [2.75, 3.05) is 19.7 Å². The Labute approximate surface area is 117 Å². The maximum absolute atomic E-state index is 9.52. The van der Waals surface area contributed by atoms with E-state index in [0.29, 0.717) is 18.2 Å². The Morgan fingerprint density at radius 1 is 1.47 bits per heavy atom. The predicted molar refractivity (Wildman–Crippen MR) is 75.9 cm³/mol. The first-order valence-corrected chi connectivity index (χ1v) is 7.64. The van der Waals surface area contributed by atoms with Gasteiger partial charge in [0.2, 0.25) is 0 Å². The molecular weight excluding hydrogens is 238 g/mol. The first-order valence-electron chi connectivity index (χ1n) is 7.64. The van der Waals surface area contributed by atoms with E-state index in [1.807, 2.05) is 0 Å². The highest BCUT2D eigenvalue weighted by Crippen LogP contribution is 2.34. The molecule has 0 aromatic rings. The van der Waals surface area contributed by atoms with Crippen LogP contribution in [0.25, 0.3) is 0 Å². The molecule has 1 aliphatic heterocycles. The fourth-order valence-electron chi connectivity index (χ4n) is 3.41. The molecular formula is C15H27N3O. The van der Waals surface area contributed by atoms with Crippen molar-refractivity contribution in [1.82, 2.24) is 10.2 Å². The van der Waals surface area contributed by atoms with E-state index in [2.05, 4.69) is 37.1 Å². The van der Waals surface area contributed by atoms with Crippen LogP contribution in [-0.2, 0) is 4.74 Å². The average Bonchev–Trinajstić information content (AvgIpc) is 2.84. The molecule has 1 heterocycles. The van der Waals surface area contributed by atoms with Gasteiger partial charge in [-0.15, -0.1) is 0 Å². The standard InChI is InChI=1S/C15H27N3O/c1-4-7-17-15(11-16)6-5-14(8-15)18-9-13(3)19-10-12(18)2/h12-14,17H,4-10H2,1-3H3. The maximum Gasteiger partial charge on any atom is 0.108 e. The number of rotatable bonds is 4. The third kappa shape index (κ3) is 3.28. The van der Waals surface area contributed by atoms with Crippen LogP contribution < -0.4 is 5.32 Å². The summed E-state index contributed by atoms with van der Waals surface area (Å²) in [6, 6.07) is 3.55. The quantitative estimate of drug-likeness (QED) is 0.843. The highest BCUT2D eigenvalue weighted by molar-refractivity contribution is 5.13. The molecule has 1 saturated carbocycles. The van der Waals surface area contributed by atoms with Crippen molar-refractivity contribution in [1.29, 1.82) is 5.26 Å². The van der Waals surface area contributed by atoms with Gasteiger partial charge in [0.1, 0.15) is 5.54 Å². The molecule has 0 aromatic heterocycles. The van der Waals surface area contributed by atoms with Gasteiger partial charge in [-0.2, -0.15) is 5.26 Å². The van der Waals surface area contributed by atoms with Crippen molar-refractivity contribution in [3.8, 4) is 6.07 Å². The first-order chi connectivity index (χ1) is 9.10. The number of morpholine rings is 1. The number of nitriles is 1. The maximum atomic E-state index is 9.52. The summed E-state index contributed by atoms with van der Waals surface area (Å²) in [5.41, 5.74) is -0.290. The van der Waals surface area contributed by atoms with Gasteiger partial charge in [-0.25, -0.2) is 0 Å². The van der Waals surface area contributed by atoms with Crippen LogP contribution in [0.3, 0.4) is 0 Å². The normalized spacial score (nSPS) is 40.2. The molecule has 1 saturated heterocycles. The van der Waals surface area contributed by atoms with Crippen molar-refractivity contribution in [3.05, 3.63) is 0 Å². The van der Waals surface area contributed by atoms with Crippen LogP contribution in [0.4, 0.5) is 0 Å². The van der Waals surface area contributed by atoms with E-state index in [-0.39, 0.29) is 5.54 Å². The third-order valence-electron chi connectivity index (χ3n) is 4.54. The molecule has 19 heavy (non-hydrogen) atoms. The first kappa shape index (κ1) is 14.8. The van der Waals surface area contributed by atoms with Crippen LogP contribution in [0.2, 0.25) is 0 Å². The molecule has 0 radical (unpaired) electrons. The lowest BCUT2D eigenvalue weighted by Crippen LogP contribution is -2.52. The minimum Gasteiger partial charge on any atom is -0.376 e. The molecule has 1 aliphatic carbocycles. The van der Waals surface area contributed by atoms with Crippen LogP contribution in [0, 0.1) is 11.3 Å². The number of ether oxygens (including phenoxy) is 1. The van der Waals surface area contributed by atoms with Gasteiger partial charge in [0.15, 0.2) is 0 Å². The fourth-order valence-corrected chi connectivity index (χ4v) is 3.41. The Bertz CT molecular complexity index is 341. The minimum atomic E-state index is -0.290. The zero-order chi connectivity index (χ0) is 13.9. The van der Waals surface area contributed by atoms with Gasteiger partial charge in [0, 0.05) is 18.6 Å². The molecule has 4 unspecified atom stereocenters. The summed E-state index contributed by atoms with van der Waals surface area (Å²) in [6.07, 6.45) is 4.46. The summed E-state index contributed by atoms with van der Waals surface area (Å²) in [7, 11) is 0. The van der Waals surface area contributed by atoms with E-state index in [4.69, 9.17) is 4.74 Å². The second-order valence-electron chi connectivity index (χ2n) is 6.21. The van der Waals surface area contributed by atoms with Crippen molar-refractivity contribution in [3.63, 3.8) is 0 Å². The van der Waals surface area contributed by atoms with Gasteiger partial charge in [0.25, 0.3) is 0 Å². The lowest BCUT2D eigenvalue weighted by Gasteiger charge is -2.41. The van der Waals surface area contributed by atoms with Crippen molar-refractivity contribution in [2.24, 2.45) is 0 Å². The van der Waals surface area contributed by atoms with E-state index in [1.54, 1.807) is 0 Å². The van der Waals surface area contributed by atoms with Crippen molar-refractivity contribution >= 4 is 0 Å². The number of nitrogens with one attached hydrogen (secondary N) is 1. The van der Waals surface area contributed by atoms with Crippen LogP contribution in [0.15, 0.2) is 0 Å². The molecule has 108 valence electrons. The average molecular weight is 265 g/mol. The lowest BCUT2D eigenvalue weighted by molar-refractivity contribution is -0.0655. The van der Waals surface area contributed by atoms with E-state index in [9.17, 15) is 5.26 Å². The molecule has 0 spiro atoms. The van der Waals surface area contributed by atoms with E-state index < -0.39 is 0 Å². The zero-order valence-corrected chi connectivity index (χ0v) is 12.5. The Morgan fingerprint density at radius 3 is 2.95 bits per heavy atom. The van der Waals surface area contributed by atoms with Crippen LogP contribution >= 0.6 is 0 Å². The van der Waals surface area contributed by atoms with Gasteiger partial charge in [-0.3, -0.25) is 10.2 Å². The largest absolute Gasteiger partial charge is 0.376 e. The molecule has 4 nitrogen and oxygen atoms in total. The Balaban J connectivity index is 1.98. The van der Waals surface area contributed by atoms with E-state index >= 15 is 0 Å². The minimum absolute atomic E-state index is 0.290. The van der Waals surface area contributed by atoms with Gasteiger partial charge >= 0.3 is 0 Å². The van der Waals surface area contributed by atoms with E-state index in [1.165, 1.54) is 0 Å². The van der Waals surface area contributed by atoms with Crippen molar-refractivity contribution in [2.45, 2.75) is 70.2 Å².